The standard InChI is InChI=1S/C8H7NO3/c1-6(10)12-8(5-9)7-3-2-4-11-7/h2-4,8H,1H3/t8-/m0/s1. The number of nitriles is 1. The molecule has 1 atom stereocenters. The van der Waals surface area contributed by atoms with Crippen molar-refractivity contribution in [3.63, 3.8) is 0 Å². The maximum Gasteiger partial charge on any atom is 0.304 e. The van der Waals surface area contributed by atoms with Gasteiger partial charge in [0.05, 0.1) is 6.26 Å². The Morgan fingerprint density at radius 3 is 3.00 bits per heavy atom. The molecule has 0 aliphatic rings. The van der Waals surface area contributed by atoms with Crippen molar-refractivity contribution in [1.29, 1.82) is 5.26 Å². The minimum atomic E-state index is -0.933. The van der Waals surface area contributed by atoms with Gasteiger partial charge in [-0.25, -0.2) is 0 Å². The molecular weight excluding hydrogens is 158 g/mol. The van der Waals surface area contributed by atoms with Crippen LogP contribution in [-0.2, 0) is 9.53 Å². The number of ether oxygens (including phenoxy) is 1. The summed E-state index contributed by atoms with van der Waals surface area (Å²) in [6.45, 7) is 1.24. The van der Waals surface area contributed by atoms with Crippen molar-refractivity contribution >= 4 is 5.97 Å². The Hall–Kier alpha value is -1.76. The van der Waals surface area contributed by atoms with Gasteiger partial charge in [-0.05, 0) is 12.1 Å². The molecule has 0 spiro atoms. The molecule has 0 amide bonds. The van der Waals surface area contributed by atoms with E-state index in [0.29, 0.717) is 5.76 Å². The van der Waals surface area contributed by atoms with Gasteiger partial charge in [-0.15, -0.1) is 0 Å². The molecule has 0 saturated heterocycles. The first-order valence-electron chi connectivity index (χ1n) is 3.34. The summed E-state index contributed by atoms with van der Waals surface area (Å²) in [5.41, 5.74) is 0. The lowest BCUT2D eigenvalue weighted by molar-refractivity contribution is -0.144. The SMILES string of the molecule is CC(=O)O[C@@H](C#N)c1ccco1. The quantitative estimate of drug-likeness (QED) is 0.621. The molecule has 0 bridgehead atoms. The first kappa shape index (κ1) is 8.34. The van der Waals surface area contributed by atoms with Gasteiger partial charge in [0.2, 0.25) is 6.10 Å². The van der Waals surface area contributed by atoms with E-state index < -0.39 is 12.1 Å². The van der Waals surface area contributed by atoms with Crippen molar-refractivity contribution < 1.29 is 13.9 Å². The first-order valence-corrected chi connectivity index (χ1v) is 3.34. The third-order valence-corrected chi connectivity index (χ3v) is 1.20. The van der Waals surface area contributed by atoms with E-state index in [4.69, 9.17) is 9.68 Å². The van der Waals surface area contributed by atoms with Crippen LogP contribution < -0.4 is 0 Å². The molecule has 1 aromatic heterocycles. The molecule has 0 radical (unpaired) electrons. The molecule has 4 heteroatoms. The van der Waals surface area contributed by atoms with Crippen LogP contribution in [0, 0.1) is 11.3 Å². The lowest BCUT2D eigenvalue weighted by Gasteiger charge is -2.04. The molecule has 12 heavy (non-hydrogen) atoms. The molecule has 0 saturated carbocycles. The van der Waals surface area contributed by atoms with Gasteiger partial charge in [0, 0.05) is 6.92 Å². The van der Waals surface area contributed by atoms with Gasteiger partial charge in [-0.3, -0.25) is 4.79 Å². The molecular formula is C8H7NO3. The number of esters is 1. The van der Waals surface area contributed by atoms with E-state index >= 15 is 0 Å². The fourth-order valence-corrected chi connectivity index (χ4v) is 0.754. The fraction of sp³-hybridized carbons (Fsp3) is 0.250. The number of furan rings is 1. The third-order valence-electron chi connectivity index (χ3n) is 1.20. The van der Waals surface area contributed by atoms with Gasteiger partial charge < -0.3 is 9.15 Å². The molecule has 0 aliphatic carbocycles. The highest BCUT2D eigenvalue weighted by molar-refractivity contribution is 5.66. The average molecular weight is 165 g/mol. The number of carbonyl (C=O) groups excluding carboxylic acids is 1. The van der Waals surface area contributed by atoms with Crippen LogP contribution in [0.25, 0.3) is 0 Å². The summed E-state index contributed by atoms with van der Waals surface area (Å²) >= 11 is 0. The highest BCUT2D eigenvalue weighted by atomic mass is 16.5. The fourth-order valence-electron chi connectivity index (χ4n) is 0.754. The molecule has 0 N–H and O–H groups in total. The Morgan fingerprint density at radius 1 is 1.83 bits per heavy atom. The molecule has 62 valence electrons. The van der Waals surface area contributed by atoms with Crippen molar-refractivity contribution in [3.8, 4) is 6.07 Å². The van der Waals surface area contributed by atoms with Crippen LogP contribution in [0.15, 0.2) is 22.8 Å². The number of hydrogen-bond donors (Lipinski definition) is 0. The Kier molecular flexibility index (Phi) is 2.49. The van der Waals surface area contributed by atoms with Gasteiger partial charge >= 0.3 is 5.97 Å². The summed E-state index contributed by atoms with van der Waals surface area (Å²) < 4.78 is 9.54. The third kappa shape index (κ3) is 1.86. The lowest BCUT2D eigenvalue weighted by atomic mass is 10.3. The molecule has 0 aromatic carbocycles. The van der Waals surface area contributed by atoms with E-state index in [-0.39, 0.29) is 0 Å². The highest BCUT2D eigenvalue weighted by Gasteiger charge is 2.15. The topological polar surface area (TPSA) is 63.2 Å². The van der Waals surface area contributed by atoms with Gasteiger partial charge in [0.25, 0.3) is 0 Å². The summed E-state index contributed by atoms with van der Waals surface area (Å²) in [4.78, 5) is 10.5. The zero-order valence-electron chi connectivity index (χ0n) is 6.48. The maximum atomic E-state index is 10.5. The average Bonchev–Trinajstić information content (AvgIpc) is 2.51. The zero-order chi connectivity index (χ0) is 8.97. The van der Waals surface area contributed by atoms with Crippen molar-refractivity contribution in [1.82, 2.24) is 0 Å². The van der Waals surface area contributed by atoms with Crippen LogP contribution in [0.1, 0.15) is 18.8 Å². The molecule has 0 unspecified atom stereocenters. The monoisotopic (exact) mass is 165 g/mol. The van der Waals surface area contributed by atoms with Crippen LogP contribution in [0.2, 0.25) is 0 Å². The van der Waals surface area contributed by atoms with Crippen LogP contribution in [0.3, 0.4) is 0 Å². The van der Waals surface area contributed by atoms with Gasteiger partial charge in [-0.2, -0.15) is 5.26 Å². The predicted octanol–water partition coefficient (Wildman–Crippen LogP) is 1.41. The Morgan fingerprint density at radius 2 is 2.58 bits per heavy atom. The molecule has 0 fully saturated rings. The second-order valence-electron chi connectivity index (χ2n) is 2.13. The van der Waals surface area contributed by atoms with Gasteiger partial charge in [0.1, 0.15) is 6.07 Å². The second kappa shape index (κ2) is 3.58. The van der Waals surface area contributed by atoms with Gasteiger partial charge in [-0.1, -0.05) is 0 Å². The first-order chi connectivity index (χ1) is 5.74. The van der Waals surface area contributed by atoms with Crippen LogP contribution in [0.4, 0.5) is 0 Å². The van der Waals surface area contributed by atoms with E-state index in [0.717, 1.165) is 0 Å². The molecule has 1 aromatic rings. The Bertz CT molecular complexity index is 297. The van der Waals surface area contributed by atoms with E-state index in [1.54, 1.807) is 18.2 Å². The predicted molar refractivity (Wildman–Crippen MR) is 38.8 cm³/mol. The largest absolute Gasteiger partial charge is 0.464 e. The summed E-state index contributed by atoms with van der Waals surface area (Å²) in [5, 5.41) is 8.56. The van der Waals surface area contributed by atoms with E-state index in [1.165, 1.54) is 13.2 Å². The van der Waals surface area contributed by atoms with E-state index in [9.17, 15) is 4.79 Å². The molecule has 0 aliphatic heterocycles. The summed E-state index contributed by atoms with van der Waals surface area (Å²) in [7, 11) is 0. The maximum absolute atomic E-state index is 10.5. The van der Waals surface area contributed by atoms with Crippen molar-refractivity contribution in [3.05, 3.63) is 24.2 Å². The number of carbonyl (C=O) groups is 1. The van der Waals surface area contributed by atoms with Crippen molar-refractivity contribution in [2.45, 2.75) is 13.0 Å². The van der Waals surface area contributed by atoms with Crippen LogP contribution in [-0.4, -0.2) is 5.97 Å². The van der Waals surface area contributed by atoms with Gasteiger partial charge in [0.15, 0.2) is 5.76 Å². The number of rotatable bonds is 2. The number of hydrogen-bond acceptors (Lipinski definition) is 4. The lowest BCUT2D eigenvalue weighted by Crippen LogP contribution is -2.05. The Balaban J connectivity index is 2.72. The molecule has 4 nitrogen and oxygen atoms in total. The van der Waals surface area contributed by atoms with Crippen molar-refractivity contribution in [2.24, 2.45) is 0 Å². The number of nitrogens with zero attached hydrogens (tertiary/aromatic N) is 1. The van der Waals surface area contributed by atoms with E-state index in [1.807, 2.05) is 0 Å². The second-order valence-corrected chi connectivity index (χ2v) is 2.13. The minimum Gasteiger partial charge on any atom is -0.464 e. The normalized spacial score (nSPS) is 11.7. The summed E-state index contributed by atoms with van der Waals surface area (Å²) in [6, 6.07) is 5.01. The zero-order valence-corrected chi connectivity index (χ0v) is 6.48. The van der Waals surface area contributed by atoms with E-state index in [2.05, 4.69) is 4.74 Å². The summed E-state index contributed by atoms with van der Waals surface area (Å²) in [5.74, 6) is -0.161. The Labute approximate surface area is 69.4 Å². The van der Waals surface area contributed by atoms with Crippen LogP contribution >= 0.6 is 0 Å². The van der Waals surface area contributed by atoms with Crippen LogP contribution in [0.5, 0.6) is 0 Å². The molecule has 1 heterocycles. The molecule has 1 rings (SSSR count). The minimum absolute atomic E-state index is 0.340. The summed E-state index contributed by atoms with van der Waals surface area (Å²) in [6.07, 6.45) is 0.487. The highest BCUT2D eigenvalue weighted by Crippen LogP contribution is 2.16. The van der Waals surface area contributed by atoms with Crippen molar-refractivity contribution in [2.75, 3.05) is 0 Å². The smallest absolute Gasteiger partial charge is 0.304 e.